The van der Waals surface area contributed by atoms with Crippen LogP contribution in [0.4, 0.5) is 11.4 Å². The number of rotatable bonds is 9. The first kappa shape index (κ1) is 26.5. The molecule has 0 N–H and O–H groups in total. The molecule has 1 saturated heterocycles. The van der Waals surface area contributed by atoms with Crippen molar-refractivity contribution in [1.29, 1.82) is 0 Å². The molecule has 1 atom stereocenters. The molecule has 40 heavy (non-hydrogen) atoms. The van der Waals surface area contributed by atoms with Gasteiger partial charge in [-0.1, -0.05) is 17.7 Å². The molecule has 208 valence electrons. The summed E-state index contributed by atoms with van der Waals surface area (Å²) in [5, 5.41) is 13.6. The zero-order valence-corrected chi connectivity index (χ0v) is 23.3. The minimum Gasteiger partial charge on any atom is -0.493 e. The van der Waals surface area contributed by atoms with Crippen molar-refractivity contribution in [3.63, 3.8) is 0 Å². The van der Waals surface area contributed by atoms with Crippen molar-refractivity contribution in [1.82, 2.24) is 25.2 Å². The van der Waals surface area contributed by atoms with Crippen LogP contribution in [0.25, 0.3) is 11.4 Å². The van der Waals surface area contributed by atoms with Crippen molar-refractivity contribution < 1.29 is 14.2 Å². The first-order valence-corrected chi connectivity index (χ1v) is 14.3. The van der Waals surface area contributed by atoms with Crippen LogP contribution in [0.1, 0.15) is 56.7 Å². The summed E-state index contributed by atoms with van der Waals surface area (Å²) in [6.45, 7) is 1.30. The Morgan fingerprint density at radius 2 is 1.82 bits per heavy atom. The molecule has 1 aliphatic carbocycles. The lowest BCUT2D eigenvalue weighted by atomic mass is 10.1. The van der Waals surface area contributed by atoms with E-state index >= 15 is 0 Å². The molecule has 6 rings (SSSR count). The van der Waals surface area contributed by atoms with Crippen molar-refractivity contribution in [2.75, 3.05) is 18.6 Å². The van der Waals surface area contributed by atoms with Gasteiger partial charge in [-0.2, -0.15) is 0 Å². The number of methoxy groups -OCH3 is 1. The van der Waals surface area contributed by atoms with Gasteiger partial charge in [-0.25, -0.2) is 0 Å². The summed E-state index contributed by atoms with van der Waals surface area (Å²) in [6.07, 6.45) is 11.2. The molecule has 10 heteroatoms. The molecule has 3 heterocycles. The normalized spacial score (nSPS) is 17.6. The fourth-order valence-corrected chi connectivity index (χ4v) is 5.59. The number of benzene rings is 2. The predicted octanol–water partition coefficient (Wildman–Crippen LogP) is 6.76. The maximum atomic E-state index is 6.85. The Morgan fingerprint density at radius 3 is 2.58 bits per heavy atom. The van der Waals surface area contributed by atoms with E-state index in [0.29, 0.717) is 29.6 Å². The zero-order chi connectivity index (χ0) is 27.3. The summed E-state index contributed by atoms with van der Waals surface area (Å²) in [6, 6.07) is 16.0. The second kappa shape index (κ2) is 12.2. The number of halogens is 1. The minimum absolute atomic E-state index is 0.182. The Balaban J connectivity index is 1.32. The van der Waals surface area contributed by atoms with Crippen molar-refractivity contribution in [3.8, 4) is 22.9 Å². The van der Waals surface area contributed by atoms with Gasteiger partial charge in [0.25, 0.3) is 0 Å². The highest BCUT2D eigenvalue weighted by atomic mass is 35.5. The van der Waals surface area contributed by atoms with Gasteiger partial charge in [0.2, 0.25) is 5.82 Å². The summed E-state index contributed by atoms with van der Waals surface area (Å²) < 4.78 is 17.8. The maximum Gasteiger partial charge on any atom is 0.206 e. The SMILES string of the molecule is COc1ccc(N(Cc2cccnc2)c2ccc(-c3nnn(C4CCCCO4)n3)c(Cl)c2)cc1OC1CCCC1. The van der Waals surface area contributed by atoms with E-state index in [-0.39, 0.29) is 12.3 Å². The number of tetrazole rings is 1. The smallest absolute Gasteiger partial charge is 0.206 e. The van der Waals surface area contributed by atoms with Crippen molar-refractivity contribution >= 4 is 23.0 Å². The average Bonchev–Trinajstić information content (AvgIpc) is 3.70. The van der Waals surface area contributed by atoms with Crippen LogP contribution in [-0.2, 0) is 11.3 Å². The summed E-state index contributed by atoms with van der Waals surface area (Å²) in [7, 11) is 1.67. The molecule has 0 bridgehead atoms. The van der Waals surface area contributed by atoms with Crippen LogP contribution in [-0.4, -0.2) is 45.0 Å². The molecule has 2 aromatic heterocycles. The largest absolute Gasteiger partial charge is 0.493 e. The zero-order valence-electron chi connectivity index (χ0n) is 22.6. The van der Waals surface area contributed by atoms with Crippen molar-refractivity contribution in [3.05, 3.63) is 71.5 Å². The lowest BCUT2D eigenvalue weighted by molar-refractivity contribution is -0.0488. The molecule has 2 aromatic carbocycles. The van der Waals surface area contributed by atoms with Gasteiger partial charge in [-0.3, -0.25) is 4.98 Å². The van der Waals surface area contributed by atoms with Gasteiger partial charge in [0.1, 0.15) is 0 Å². The lowest BCUT2D eigenvalue weighted by Gasteiger charge is -2.27. The molecule has 2 aliphatic rings. The van der Waals surface area contributed by atoms with Crippen LogP contribution in [0.15, 0.2) is 60.9 Å². The summed E-state index contributed by atoms with van der Waals surface area (Å²) in [5.74, 6) is 1.94. The third-order valence-electron chi connectivity index (χ3n) is 7.46. The van der Waals surface area contributed by atoms with Crippen LogP contribution >= 0.6 is 11.6 Å². The Morgan fingerprint density at radius 1 is 1.00 bits per heavy atom. The fraction of sp³-hybridized carbons (Fsp3) is 0.400. The van der Waals surface area contributed by atoms with Gasteiger partial charge >= 0.3 is 0 Å². The molecule has 9 nitrogen and oxygen atoms in total. The van der Waals surface area contributed by atoms with Gasteiger partial charge in [-0.15, -0.1) is 15.0 Å². The topological polar surface area (TPSA) is 87.4 Å². The second-order valence-corrected chi connectivity index (χ2v) is 10.6. The fourth-order valence-electron chi connectivity index (χ4n) is 5.33. The molecule has 1 saturated carbocycles. The average molecular weight is 561 g/mol. The summed E-state index contributed by atoms with van der Waals surface area (Å²) in [5.41, 5.74) is 3.65. The van der Waals surface area contributed by atoms with E-state index in [1.165, 1.54) is 12.8 Å². The molecular weight excluding hydrogens is 528 g/mol. The third kappa shape index (κ3) is 5.90. The van der Waals surface area contributed by atoms with E-state index in [1.807, 2.05) is 48.7 Å². The molecule has 0 amide bonds. The molecule has 1 unspecified atom stereocenters. The van der Waals surface area contributed by atoms with E-state index in [4.69, 9.17) is 25.8 Å². The van der Waals surface area contributed by atoms with E-state index < -0.39 is 0 Å². The Kier molecular flexibility index (Phi) is 8.11. The van der Waals surface area contributed by atoms with E-state index in [9.17, 15) is 0 Å². The van der Waals surface area contributed by atoms with E-state index in [0.717, 1.165) is 60.5 Å². The number of hydrogen-bond donors (Lipinski definition) is 0. The summed E-state index contributed by atoms with van der Waals surface area (Å²) >= 11 is 6.85. The predicted molar refractivity (Wildman–Crippen MR) is 153 cm³/mol. The molecule has 1 aliphatic heterocycles. The molecule has 4 aromatic rings. The Labute approximate surface area is 239 Å². The number of aromatic nitrogens is 5. The highest BCUT2D eigenvalue weighted by molar-refractivity contribution is 6.33. The van der Waals surface area contributed by atoms with Gasteiger partial charge in [0.15, 0.2) is 17.7 Å². The lowest BCUT2D eigenvalue weighted by Crippen LogP contribution is -2.20. The number of pyridine rings is 1. The first-order valence-electron chi connectivity index (χ1n) is 13.9. The highest BCUT2D eigenvalue weighted by Gasteiger charge is 2.22. The first-order chi connectivity index (χ1) is 19.7. The van der Waals surface area contributed by atoms with Gasteiger partial charge in [0.05, 0.1) is 18.2 Å². The van der Waals surface area contributed by atoms with Crippen LogP contribution in [0.3, 0.4) is 0 Å². The molecule has 2 fully saturated rings. The maximum absolute atomic E-state index is 6.85. The van der Waals surface area contributed by atoms with Crippen molar-refractivity contribution in [2.24, 2.45) is 0 Å². The molecule has 0 radical (unpaired) electrons. The second-order valence-electron chi connectivity index (χ2n) is 10.2. The third-order valence-corrected chi connectivity index (χ3v) is 7.78. The van der Waals surface area contributed by atoms with Gasteiger partial charge in [0, 0.05) is 48.5 Å². The van der Waals surface area contributed by atoms with E-state index in [1.54, 1.807) is 18.1 Å². The quantitative estimate of drug-likeness (QED) is 0.222. The molecular formula is C30H33ClN6O3. The number of anilines is 2. The monoisotopic (exact) mass is 560 g/mol. The standard InChI is InChI=1S/C30H33ClN6O3/c1-38-27-14-12-23(18-28(27)40-24-8-2-3-9-24)36(20-21-7-6-15-32-19-21)22-11-13-25(26(31)17-22)30-33-35-37(34-30)29-10-4-5-16-39-29/h6-7,11-15,17-19,24,29H,2-5,8-10,16,20H2,1H3. The summed E-state index contributed by atoms with van der Waals surface area (Å²) in [4.78, 5) is 8.06. The van der Waals surface area contributed by atoms with Crippen molar-refractivity contribution in [2.45, 2.75) is 63.8 Å². The molecule has 0 spiro atoms. The van der Waals surface area contributed by atoms with Crippen LogP contribution in [0.5, 0.6) is 11.5 Å². The number of nitrogens with zero attached hydrogens (tertiary/aromatic N) is 6. The van der Waals surface area contributed by atoms with Gasteiger partial charge < -0.3 is 19.1 Å². The Bertz CT molecular complexity index is 1420. The Hall–Kier alpha value is -3.69. The van der Waals surface area contributed by atoms with Crippen LogP contribution < -0.4 is 14.4 Å². The van der Waals surface area contributed by atoms with Gasteiger partial charge in [-0.05, 0) is 92.1 Å². The highest BCUT2D eigenvalue weighted by Crippen LogP contribution is 2.39. The number of hydrogen-bond acceptors (Lipinski definition) is 8. The number of ether oxygens (including phenoxy) is 3. The van der Waals surface area contributed by atoms with Crippen LogP contribution in [0, 0.1) is 0 Å². The van der Waals surface area contributed by atoms with E-state index in [2.05, 4.69) is 31.4 Å². The van der Waals surface area contributed by atoms with Crippen LogP contribution in [0.2, 0.25) is 5.02 Å². The minimum atomic E-state index is -0.182.